The van der Waals surface area contributed by atoms with Gasteiger partial charge in [0.2, 0.25) is 6.86 Å². The van der Waals surface area contributed by atoms with E-state index < -0.39 is 13.0 Å². The van der Waals surface area contributed by atoms with Crippen LogP contribution in [0.5, 0.6) is 5.75 Å². The topological polar surface area (TPSA) is 103 Å². The third kappa shape index (κ3) is 6.23. The predicted molar refractivity (Wildman–Crippen MR) is 146 cm³/mol. The lowest BCUT2D eigenvalue weighted by Crippen LogP contribution is -2.36. The van der Waals surface area contributed by atoms with Crippen LogP contribution in [0.2, 0.25) is 0 Å². The number of nitrogens with one attached hydrogen (secondary N) is 2. The Morgan fingerprint density at radius 2 is 1.89 bits per heavy atom. The second-order valence-electron chi connectivity index (χ2n) is 10.1. The molecular formula is C26H34F2N6O3S. The van der Waals surface area contributed by atoms with Gasteiger partial charge in [-0.3, -0.25) is 4.79 Å². The van der Waals surface area contributed by atoms with Crippen molar-refractivity contribution in [3.63, 3.8) is 0 Å². The molecule has 3 fully saturated rings. The van der Waals surface area contributed by atoms with Gasteiger partial charge in [-0.25, -0.2) is 18.7 Å². The van der Waals surface area contributed by atoms with Gasteiger partial charge in [-0.15, -0.1) is 0 Å². The van der Waals surface area contributed by atoms with Crippen molar-refractivity contribution in [2.45, 2.75) is 44.7 Å². The molecule has 206 valence electrons. The normalized spacial score (nSPS) is 18.9. The van der Waals surface area contributed by atoms with Gasteiger partial charge < -0.3 is 29.7 Å². The van der Waals surface area contributed by atoms with E-state index in [9.17, 15) is 13.6 Å². The van der Waals surface area contributed by atoms with Crippen LogP contribution in [0, 0.1) is 5.41 Å². The fraction of sp³-hybridized carbons (Fsp3) is 0.577. The molecule has 3 aliphatic rings. The lowest BCUT2D eigenvalue weighted by molar-refractivity contribution is 0.102. The first-order valence-corrected chi connectivity index (χ1v) is 14.1. The van der Waals surface area contributed by atoms with Crippen LogP contribution in [-0.4, -0.2) is 72.6 Å². The summed E-state index contributed by atoms with van der Waals surface area (Å²) in [5, 5.41) is 12.0. The van der Waals surface area contributed by atoms with Gasteiger partial charge in [0, 0.05) is 44.2 Å². The first-order chi connectivity index (χ1) is 18.5. The molecule has 4 heterocycles. The van der Waals surface area contributed by atoms with E-state index in [0.717, 1.165) is 31.6 Å². The number of hydrogen-bond acceptors (Lipinski definition) is 9. The summed E-state index contributed by atoms with van der Waals surface area (Å²) in [5.74, 6) is 1.71. The minimum Gasteiger partial charge on any atom is -0.459 e. The maximum Gasteiger partial charge on any atom is 0.260 e. The molecule has 1 amide bonds. The number of ether oxygens (including phenoxy) is 1. The number of halogens is 2. The van der Waals surface area contributed by atoms with E-state index in [1.54, 1.807) is 18.3 Å². The Kier molecular flexibility index (Phi) is 8.37. The van der Waals surface area contributed by atoms with Crippen LogP contribution in [-0.2, 0) is 0 Å². The molecule has 2 aromatic rings. The second-order valence-corrected chi connectivity index (χ2v) is 11.0. The standard InChI is InChI=1S/C26H34F2N6O3S/c27-17-37-21-1-2-22(30-24(21)34-9-3-18(28)4-10-34)31-25(36)19-16-29-23(32-38-14-13-35)15-20(19)33-11-7-26(5-6-26)8-12-33/h1-2,15-16,18,35H,3-14,17H2,(H,29,32)(H,30,31,36). The molecule has 1 saturated carbocycles. The molecule has 3 N–H and O–H groups in total. The highest BCUT2D eigenvalue weighted by Crippen LogP contribution is 2.54. The highest BCUT2D eigenvalue weighted by Gasteiger charge is 2.44. The number of piperidine rings is 2. The first kappa shape index (κ1) is 26.7. The summed E-state index contributed by atoms with van der Waals surface area (Å²) < 4.78 is 34.9. The van der Waals surface area contributed by atoms with Gasteiger partial charge in [0.25, 0.3) is 5.91 Å². The van der Waals surface area contributed by atoms with Crippen molar-refractivity contribution in [1.29, 1.82) is 0 Å². The molecule has 0 aromatic carbocycles. The number of aromatic nitrogens is 2. The van der Waals surface area contributed by atoms with Gasteiger partial charge in [0.1, 0.15) is 17.8 Å². The summed E-state index contributed by atoms with van der Waals surface area (Å²) in [4.78, 5) is 26.6. The molecule has 0 bridgehead atoms. The number of amides is 1. The van der Waals surface area contributed by atoms with Crippen molar-refractivity contribution in [1.82, 2.24) is 9.97 Å². The zero-order valence-corrected chi connectivity index (χ0v) is 22.1. The number of aliphatic hydroxyl groups excluding tert-OH is 1. The summed E-state index contributed by atoms with van der Waals surface area (Å²) in [7, 11) is 0. The summed E-state index contributed by atoms with van der Waals surface area (Å²) in [6.07, 6.45) is 6.19. The highest BCUT2D eigenvalue weighted by molar-refractivity contribution is 8.00. The average molecular weight is 549 g/mol. The SMILES string of the molecule is O=C(Nc1ccc(OCF)c(N2CCC(F)CC2)n1)c1cnc(NSCCO)cc1N1CCC2(CC1)CC2. The third-order valence-corrected chi connectivity index (χ3v) is 8.37. The van der Waals surface area contributed by atoms with E-state index in [2.05, 4.69) is 24.9 Å². The molecule has 9 nitrogen and oxygen atoms in total. The number of aliphatic hydroxyl groups is 1. The molecular weight excluding hydrogens is 514 g/mol. The molecule has 2 aliphatic heterocycles. The minimum absolute atomic E-state index is 0.0507. The molecule has 5 rings (SSSR count). The van der Waals surface area contributed by atoms with Crippen molar-refractivity contribution in [2.24, 2.45) is 5.41 Å². The summed E-state index contributed by atoms with van der Waals surface area (Å²) >= 11 is 1.35. The van der Waals surface area contributed by atoms with Crippen LogP contribution >= 0.6 is 11.9 Å². The smallest absolute Gasteiger partial charge is 0.260 e. The average Bonchev–Trinajstić information content (AvgIpc) is 3.69. The largest absolute Gasteiger partial charge is 0.459 e. The van der Waals surface area contributed by atoms with Crippen LogP contribution < -0.4 is 24.6 Å². The van der Waals surface area contributed by atoms with Gasteiger partial charge in [0.05, 0.1) is 17.9 Å². The Balaban J connectivity index is 1.37. The predicted octanol–water partition coefficient (Wildman–Crippen LogP) is 4.41. The molecule has 0 radical (unpaired) electrons. The van der Waals surface area contributed by atoms with Crippen LogP contribution in [0.25, 0.3) is 0 Å². The van der Waals surface area contributed by atoms with E-state index in [4.69, 9.17) is 9.84 Å². The fourth-order valence-electron chi connectivity index (χ4n) is 5.15. The van der Waals surface area contributed by atoms with Gasteiger partial charge in [-0.05, 0) is 68.0 Å². The number of hydrogen-bond donors (Lipinski definition) is 3. The Bertz CT molecular complexity index is 1120. The molecule has 2 aromatic heterocycles. The number of nitrogens with zero attached hydrogens (tertiary/aromatic N) is 4. The third-order valence-electron chi connectivity index (χ3n) is 7.63. The van der Waals surface area contributed by atoms with Crippen LogP contribution in [0.4, 0.5) is 31.9 Å². The van der Waals surface area contributed by atoms with Crippen molar-refractivity contribution < 1.29 is 23.4 Å². The zero-order chi connectivity index (χ0) is 26.5. The monoisotopic (exact) mass is 548 g/mol. The second kappa shape index (κ2) is 11.9. The van der Waals surface area contributed by atoms with E-state index in [1.807, 2.05) is 11.0 Å². The number of pyridine rings is 2. The minimum atomic E-state index is -1.01. The Labute approximate surface area is 225 Å². The molecule has 0 unspecified atom stereocenters. The molecule has 38 heavy (non-hydrogen) atoms. The highest BCUT2D eigenvalue weighted by atomic mass is 32.2. The quantitative estimate of drug-likeness (QED) is 0.294. The number of carbonyl (C=O) groups is 1. The zero-order valence-electron chi connectivity index (χ0n) is 21.3. The van der Waals surface area contributed by atoms with Crippen molar-refractivity contribution in [3.8, 4) is 5.75 Å². The number of anilines is 4. The Hall–Kier alpha value is -2.86. The van der Waals surface area contributed by atoms with Crippen LogP contribution in [0.3, 0.4) is 0 Å². The lowest BCUT2D eigenvalue weighted by Gasteiger charge is -2.35. The van der Waals surface area contributed by atoms with E-state index in [0.29, 0.717) is 60.1 Å². The van der Waals surface area contributed by atoms with Crippen molar-refractivity contribution >= 4 is 41.0 Å². The molecule has 12 heteroatoms. The summed E-state index contributed by atoms with van der Waals surface area (Å²) in [6, 6.07) is 5.02. The Morgan fingerprint density at radius 3 is 2.58 bits per heavy atom. The van der Waals surface area contributed by atoms with Gasteiger partial charge in [-0.1, -0.05) is 0 Å². The lowest BCUT2D eigenvalue weighted by atomic mass is 9.93. The van der Waals surface area contributed by atoms with E-state index in [-0.39, 0.29) is 18.3 Å². The summed E-state index contributed by atoms with van der Waals surface area (Å²) in [6.45, 7) is 1.65. The maximum atomic E-state index is 13.7. The van der Waals surface area contributed by atoms with Gasteiger partial charge >= 0.3 is 0 Å². The number of carbonyl (C=O) groups excluding carboxylic acids is 1. The van der Waals surface area contributed by atoms with Crippen molar-refractivity contribution in [3.05, 3.63) is 30.0 Å². The maximum absolute atomic E-state index is 13.7. The molecule has 0 atom stereocenters. The summed E-state index contributed by atoms with van der Waals surface area (Å²) in [5.41, 5.74) is 1.72. The molecule has 2 saturated heterocycles. The molecule has 1 aliphatic carbocycles. The van der Waals surface area contributed by atoms with E-state index in [1.165, 1.54) is 24.8 Å². The van der Waals surface area contributed by atoms with E-state index >= 15 is 0 Å². The van der Waals surface area contributed by atoms with Gasteiger partial charge in [0.15, 0.2) is 11.6 Å². The fourth-order valence-corrected chi connectivity index (χ4v) is 5.61. The van der Waals surface area contributed by atoms with Crippen molar-refractivity contribution in [2.75, 3.05) is 65.2 Å². The Morgan fingerprint density at radius 1 is 1.13 bits per heavy atom. The van der Waals surface area contributed by atoms with Gasteiger partial charge in [-0.2, -0.15) is 0 Å². The molecule has 1 spiro atoms. The number of rotatable bonds is 10. The first-order valence-electron chi connectivity index (χ1n) is 13.1. The number of alkyl halides is 2. The van der Waals surface area contributed by atoms with Crippen LogP contribution in [0.1, 0.15) is 48.9 Å². The van der Waals surface area contributed by atoms with Crippen LogP contribution in [0.15, 0.2) is 24.4 Å².